The van der Waals surface area contributed by atoms with Gasteiger partial charge < -0.3 is 9.15 Å². The zero-order valence-electron chi connectivity index (χ0n) is 12.8. The predicted octanol–water partition coefficient (Wildman–Crippen LogP) is 4.50. The number of esters is 1. The fourth-order valence-corrected chi connectivity index (χ4v) is 2.42. The molecular weight excluding hydrogens is 334 g/mol. The topological polar surface area (TPSA) is 52.3 Å². The lowest BCUT2D eigenvalue weighted by atomic mass is 9.91. The number of aromatic nitrogens is 1. The smallest absolute Gasteiger partial charge is 0.376 e. The molecule has 0 amide bonds. The Morgan fingerprint density at radius 1 is 1.33 bits per heavy atom. The maximum absolute atomic E-state index is 11.9. The van der Waals surface area contributed by atoms with E-state index in [4.69, 9.17) is 9.15 Å². The second-order valence-electron chi connectivity index (χ2n) is 5.87. The number of methoxy groups -OCH3 is 1. The third kappa shape index (κ3) is 3.02. The molecule has 0 aliphatic rings. The number of halogens is 1. The number of aryl methyl sites for hydroxylation is 1. The number of hydrogen-bond acceptors (Lipinski definition) is 4. The third-order valence-electron chi connectivity index (χ3n) is 3.13. The Kier molecular flexibility index (Phi) is 4.23. The van der Waals surface area contributed by atoms with E-state index in [0.717, 1.165) is 15.6 Å². The van der Waals surface area contributed by atoms with Crippen molar-refractivity contribution in [3.8, 4) is 11.5 Å². The highest BCUT2D eigenvalue weighted by atomic mass is 79.9. The molecule has 0 fully saturated rings. The quantitative estimate of drug-likeness (QED) is 0.747. The first kappa shape index (κ1) is 15.8. The van der Waals surface area contributed by atoms with Gasteiger partial charge in [-0.1, -0.05) is 32.9 Å². The van der Waals surface area contributed by atoms with E-state index < -0.39 is 5.97 Å². The van der Waals surface area contributed by atoms with Gasteiger partial charge in [0.2, 0.25) is 11.7 Å². The lowest BCUT2D eigenvalue weighted by Gasteiger charge is -2.15. The van der Waals surface area contributed by atoms with Gasteiger partial charge in [0, 0.05) is 9.89 Å². The molecule has 0 atom stereocenters. The van der Waals surface area contributed by atoms with Crippen molar-refractivity contribution in [3.05, 3.63) is 39.7 Å². The Morgan fingerprint density at radius 3 is 2.57 bits per heavy atom. The molecule has 0 bridgehead atoms. The van der Waals surface area contributed by atoms with Gasteiger partial charge in [-0.15, -0.1) is 0 Å². The van der Waals surface area contributed by atoms with Crippen LogP contribution in [0.25, 0.3) is 11.5 Å². The molecule has 1 aromatic carbocycles. The van der Waals surface area contributed by atoms with E-state index in [2.05, 4.69) is 20.9 Å². The van der Waals surface area contributed by atoms with Crippen molar-refractivity contribution in [3.63, 3.8) is 0 Å². The number of nitrogens with zero attached hydrogens (tertiary/aromatic N) is 1. The standard InChI is InChI=1S/C16H18BrNO3/c1-9-7-6-8-10(11(9)17)14-18-13(16(2,3)4)12(21-14)15(19)20-5/h6-8H,1-5H3. The van der Waals surface area contributed by atoms with Crippen LogP contribution in [0.4, 0.5) is 0 Å². The van der Waals surface area contributed by atoms with Crippen LogP contribution in [0.2, 0.25) is 0 Å². The summed E-state index contributed by atoms with van der Waals surface area (Å²) in [5.41, 5.74) is 2.16. The Bertz CT molecular complexity index is 683. The predicted molar refractivity (Wildman–Crippen MR) is 84.4 cm³/mol. The lowest BCUT2D eigenvalue weighted by Crippen LogP contribution is -2.17. The highest BCUT2D eigenvalue weighted by Crippen LogP contribution is 2.34. The van der Waals surface area contributed by atoms with Gasteiger partial charge in [-0.2, -0.15) is 0 Å². The zero-order chi connectivity index (χ0) is 15.8. The molecule has 2 aromatic rings. The van der Waals surface area contributed by atoms with Crippen LogP contribution in [0.1, 0.15) is 42.6 Å². The van der Waals surface area contributed by atoms with Gasteiger partial charge in [-0.05, 0) is 34.5 Å². The molecular formula is C16H18BrNO3. The van der Waals surface area contributed by atoms with E-state index in [-0.39, 0.29) is 11.2 Å². The maximum atomic E-state index is 11.9. The van der Waals surface area contributed by atoms with Crippen molar-refractivity contribution in [1.29, 1.82) is 0 Å². The van der Waals surface area contributed by atoms with Crippen LogP contribution < -0.4 is 0 Å². The summed E-state index contributed by atoms with van der Waals surface area (Å²) < 4.78 is 11.4. The Balaban J connectivity index is 2.64. The van der Waals surface area contributed by atoms with Crippen LogP contribution in [-0.4, -0.2) is 18.1 Å². The maximum Gasteiger partial charge on any atom is 0.376 e. The summed E-state index contributed by atoms with van der Waals surface area (Å²) >= 11 is 3.54. The first-order valence-corrected chi connectivity index (χ1v) is 7.40. The summed E-state index contributed by atoms with van der Waals surface area (Å²) in [7, 11) is 1.33. The van der Waals surface area contributed by atoms with Crippen molar-refractivity contribution in [2.24, 2.45) is 0 Å². The second-order valence-corrected chi connectivity index (χ2v) is 6.67. The van der Waals surface area contributed by atoms with Gasteiger partial charge in [-0.25, -0.2) is 9.78 Å². The second kappa shape index (κ2) is 5.64. The summed E-state index contributed by atoms with van der Waals surface area (Å²) in [4.78, 5) is 16.4. The summed E-state index contributed by atoms with van der Waals surface area (Å²) in [6.45, 7) is 7.92. The van der Waals surface area contributed by atoms with Crippen LogP contribution in [-0.2, 0) is 10.2 Å². The van der Waals surface area contributed by atoms with Gasteiger partial charge in [0.05, 0.1) is 12.7 Å². The minimum absolute atomic E-state index is 0.161. The number of carbonyl (C=O) groups is 1. The molecule has 1 heterocycles. The molecule has 0 aliphatic heterocycles. The van der Waals surface area contributed by atoms with E-state index in [9.17, 15) is 4.79 Å². The Hall–Kier alpha value is -1.62. The molecule has 5 heteroatoms. The van der Waals surface area contributed by atoms with Crippen molar-refractivity contribution in [1.82, 2.24) is 4.98 Å². The summed E-state index contributed by atoms with van der Waals surface area (Å²) in [5.74, 6) is 0.0618. The fraction of sp³-hybridized carbons (Fsp3) is 0.375. The molecule has 0 spiro atoms. The molecule has 0 unspecified atom stereocenters. The number of carbonyl (C=O) groups excluding carboxylic acids is 1. The fourth-order valence-electron chi connectivity index (χ4n) is 1.99. The van der Waals surface area contributed by atoms with Crippen LogP contribution in [0.3, 0.4) is 0 Å². The van der Waals surface area contributed by atoms with Crippen LogP contribution in [0, 0.1) is 6.92 Å². The van der Waals surface area contributed by atoms with Crippen LogP contribution in [0.15, 0.2) is 27.1 Å². The molecule has 0 N–H and O–H groups in total. The third-order valence-corrected chi connectivity index (χ3v) is 4.18. The summed E-state index contributed by atoms with van der Waals surface area (Å²) in [5, 5.41) is 0. The van der Waals surface area contributed by atoms with Gasteiger partial charge in [0.15, 0.2) is 0 Å². The van der Waals surface area contributed by atoms with E-state index in [1.807, 2.05) is 45.9 Å². The summed E-state index contributed by atoms with van der Waals surface area (Å²) in [6.07, 6.45) is 0. The van der Waals surface area contributed by atoms with Crippen molar-refractivity contribution < 1.29 is 13.9 Å². The molecule has 4 nitrogen and oxygen atoms in total. The van der Waals surface area contributed by atoms with Crippen LogP contribution in [0.5, 0.6) is 0 Å². The number of oxazole rings is 1. The molecule has 21 heavy (non-hydrogen) atoms. The highest BCUT2D eigenvalue weighted by molar-refractivity contribution is 9.10. The van der Waals surface area contributed by atoms with E-state index >= 15 is 0 Å². The van der Waals surface area contributed by atoms with Crippen molar-refractivity contribution >= 4 is 21.9 Å². The molecule has 112 valence electrons. The molecule has 1 aromatic heterocycles. The van der Waals surface area contributed by atoms with Crippen molar-refractivity contribution in [2.75, 3.05) is 7.11 Å². The number of ether oxygens (including phenoxy) is 1. The van der Waals surface area contributed by atoms with Gasteiger partial charge in [-0.3, -0.25) is 0 Å². The largest absolute Gasteiger partial charge is 0.463 e. The monoisotopic (exact) mass is 351 g/mol. The first-order chi connectivity index (χ1) is 9.75. The average molecular weight is 352 g/mol. The van der Waals surface area contributed by atoms with Gasteiger partial charge >= 0.3 is 5.97 Å². The number of hydrogen-bond donors (Lipinski definition) is 0. The zero-order valence-corrected chi connectivity index (χ0v) is 14.4. The van der Waals surface area contributed by atoms with Gasteiger partial charge in [0.25, 0.3) is 0 Å². The molecule has 2 rings (SSSR count). The minimum Gasteiger partial charge on any atom is -0.463 e. The average Bonchev–Trinajstić information content (AvgIpc) is 2.86. The van der Waals surface area contributed by atoms with Crippen LogP contribution >= 0.6 is 15.9 Å². The van der Waals surface area contributed by atoms with Crippen molar-refractivity contribution in [2.45, 2.75) is 33.1 Å². The molecule has 0 saturated carbocycles. The Labute approximate surface area is 132 Å². The van der Waals surface area contributed by atoms with E-state index in [1.54, 1.807) is 0 Å². The van der Waals surface area contributed by atoms with E-state index in [0.29, 0.717) is 11.6 Å². The molecule has 0 saturated heterocycles. The minimum atomic E-state index is -0.512. The normalized spacial score (nSPS) is 11.5. The number of benzene rings is 1. The summed E-state index contributed by atoms with van der Waals surface area (Å²) in [6, 6.07) is 5.81. The molecule has 0 aliphatic carbocycles. The highest BCUT2D eigenvalue weighted by Gasteiger charge is 2.30. The lowest BCUT2D eigenvalue weighted by molar-refractivity contribution is 0.0562. The van der Waals surface area contributed by atoms with E-state index in [1.165, 1.54) is 7.11 Å². The SMILES string of the molecule is COC(=O)c1oc(-c2cccc(C)c2Br)nc1C(C)(C)C. The molecule has 0 radical (unpaired) electrons. The number of rotatable bonds is 2. The van der Waals surface area contributed by atoms with Gasteiger partial charge in [0.1, 0.15) is 5.69 Å². The Morgan fingerprint density at radius 2 is 2.00 bits per heavy atom. The first-order valence-electron chi connectivity index (χ1n) is 6.60.